The fourth-order valence-corrected chi connectivity index (χ4v) is 4.99. The smallest absolute Gasteiger partial charge is 0.243 e. The van der Waals surface area contributed by atoms with Crippen LogP contribution in [-0.4, -0.2) is 32.4 Å². The lowest BCUT2D eigenvalue weighted by molar-refractivity contribution is 0.222. The van der Waals surface area contributed by atoms with E-state index in [9.17, 15) is 8.42 Å². The maximum atomic E-state index is 12.9. The lowest BCUT2D eigenvalue weighted by Gasteiger charge is -2.34. The molecule has 1 saturated heterocycles. The summed E-state index contributed by atoms with van der Waals surface area (Å²) in [6, 6.07) is 5.20. The van der Waals surface area contributed by atoms with Crippen LogP contribution < -0.4 is 4.74 Å². The van der Waals surface area contributed by atoms with Gasteiger partial charge < -0.3 is 4.74 Å². The molecule has 0 radical (unpaired) electrons. The van der Waals surface area contributed by atoms with Crippen molar-refractivity contribution in [2.45, 2.75) is 51.9 Å². The molecule has 1 aromatic rings. The number of hydrogen-bond donors (Lipinski definition) is 0. The Morgan fingerprint density at radius 3 is 2.43 bits per heavy atom. The molecule has 0 aliphatic carbocycles. The highest BCUT2D eigenvalue weighted by atomic mass is 32.2. The van der Waals surface area contributed by atoms with Gasteiger partial charge in [0, 0.05) is 13.1 Å². The maximum absolute atomic E-state index is 12.9. The Labute approximate surface area is 140 Å². The zero-order valence-electron chi connectivity index (χ0n) is 14.7. The standard InChI is InChI=1S/C18H29NO3S/c1-5-6-9-22-18-8-7-17(11-16(18)4)23(20,21)19-12-14(2)10-15(3)13-19/h7-8,11,14-15H,5-6,9-10,12-13H2,1-4H3. The van der Waals surface area contributed by atoms with E-state index >= 15 is 0 Å². The third-order valence-corrected chi connectivity index (χ3v) is 6.20. The number of ether oxygens (including phenoxy) is 1. The lowest BCUT2D eigenvalue weighted by atomic mass is 9.94. The molecule has 0 spiro atoms. The molecule has 2 atom stereocenters. The Morgan fingerprint density at radius 2 is 1.87 bits per heavy atom. The molecule has 2 unspecified atom stereocenters. The van der Waals surface area contributed by atoms with Gasteiger partial charge in [-0.25, -0.2) is 8.42 Å². The third kappa shape index (κ3) is 4.48. The first-order valence-electron chi connectivity index (χ1n) is 8.58. The normalized spacial score (nSPS) is 23.0. The summed E-state index contributed by atoms with van der Waals surface area (Å²) in [5.41, 5.74) is 0.875. The monoisotopic (exact) mass is 339 g/mol. The van der Waals surface area contributed by atoms with Crippen LogP contribution >= 0.6 is 0 Å². The first kappa shape index (κ1) is 18.3. The number of hydrogen-bond acceptors (Lipinski definition) is 3. The zero-order chi connectivity index (χ0) is 17.0. The number of nitrogens with zero attached hydrogens (tertiary/aromatic N) is 1. The van der Waals surface area contributed by atoms with E-state index < -0.39 is 10.0 Å². The largest absolute Gasteiger partial charge is 0.493 e. The van der Waals surface area contributed by atoms with E-state index in [4.69, 9.17) is 4.74 Å². The van der Waals surface area contributed by atoms with Gasteiger partial charge in [-0.2, -0.15) is 4.31 Å². The van der Waals surface area contributed by atoms with E-state index in [1.165, 1.54) is 0 Å². The molecule has 1 aromatic carbocycles. The van der Waals surface area contributed by atoms with Crippen LogP contribution in [0.1, 0.15) is 45.6 Å². The molecule has 0 amide bonds. The Kier molecular flexibility index (Phi) is 6.09. The van der Waals surface area contributed by atoms with Crippen molar-refractivity contribution in [2.24, 2.45) is 11.8 Å². The van der Waals surface area contributed by atoms with Gasteiger partial charge in [-0.3, -0.25) is 0 Å². The minimum atomic E-state index is -3.41. The summed E-state index contributed by atoms with van der Waals surface area (Å²) in [7, 11) is -3.41. The van der Waals surface area contributed by atoms with Gasteiger partial charge in [-0.05, 0) is 55.4 Å². The van der Waals surface area contributed by atoms with Gasteiger partial charge in [-0.15, -0.1) is 0 Å². The third-order valence-electron chi connectivity index (χ3n) is 4.37. The number of unbranched alkanes of at least 4 members (excludes halogenated alkanes) is 1. The second kappa shape index (κ2) is 7.67. The Hall–Kier alpha value is -1.07. The molecule has 0 saturated carbocycles. The molecule has 23 heavy (non-hydrogen) atoms. The molecular weight excluding hydrogens is 310 g/mol. The van der Waals surface area contributed by atoms with Gasteiger partial charge in [0.2, 0.25) is 10.0 Å². The van der Waals surface area contributed by atoms with Crippen LogP contribution in [0, 0.1) is 18.8 Å². The number of benzene rings is 1. The van der Waals surface area contributed by atoms with Crippen LogP contribution in [0.15, 0.2) is 23.1 Å². The maximum Gasteiger partial charge on any atom is 0.243 e. The molecule has 1 aliphatic rings. The molecule has 4 nitrogen and oxygen atoms in total. The second-order valence-electron chi connectivity index (χ2n) is 6.90. The molecular formula is C18H29NO3S. The van der Waals surface area contributed by atoms with Crippen LogP contribution in [0.4, 0.5) is 0 Å². The second-order valence-corrected chi connectivity index (χ2v) is 8.84. The summed E-state index contributed by atoms with van der Waals surface area (Å²) in [4.78, 5) is 0.374. The van der Waals surface area contributed by atoms with Gasteiger partial charge in [0.15, 0.2) is 0 Å². The summed E-state index contributed by atoms with van der Waals surface area (Å²) in [5.74, 6) is 1.59. The molecule has 5 heteroatoms. The van der Waals surface area contributed by atoms with Crippen molar-refractivity contribution in [3.63, 3.8) is 0 Å². The predicted octanol–water partition coefficient (Wildman–Crippen LogP) is 3.84. The van der Waals surface area contributed by atoms with Crippen LogP contribution in [0.2, 0.25) is 0 Å². The molecule has 2 rings (SSSR count). The van der Waals surface area contributed by atoms with Crippen molar-refractivity contribution in [1.29, 1.82) is 0 Å². The molecule has 0 N–H and O–H groups in total. The average molecular weight is 340 g/mol. The van der Waals surface area contributed by atoms with Crippen LogP contribution in [0.25, 0.3) is 0 Å². The van der Waals surface area contributed by atoms with Crippen molar-refractivity contribution in [1.82, 2.24) is 4.31 Å². The van der Waals surface area contributed by atoms with Crippen molar-refractivity contribution in [3.05, 3.63) is 23.8 Å². The summed E-state index contributed by atoms with van der Waals surface area (Å²) < 4.78 is 33.1. The fourth-order valence-electron chi connectivity index (χ4n) is 3.22. The van der Waals surface area contributed by atoms with E-state index in [2.05, 4.69) is 20.8 Å². The minimum absolute atomic E-state index is 0.374. The van der Waals surface area contributed by atoms with Gasteiger partial charge in [-0.1, -0.05) is 27.2 Å². The topological polar surface area (TPSA) is 46.6 Å². The summed E-state index contributed by atoms with van der Waals surface area (Å²) in [6.07, 6.45) is 3.18. The van der Waals surface area contributed by atoms with E-state index in [0.29, 0.717) is 36.4 Å². The van der Waals surface area contributed by atoms with Gasteiger partial charge in [0.25, 0.3) is 0 Å². The molecule has 1 fully saturated rings. The average Bonchev–Trinajstić information content (AvgIpc) is 2.48. The Morgan fingerprint density at radius 1 is 1.22 bits per heavy atom. The van der Waals surface area contributed by atoms with E-state index in [1.54, 1.807) is 22.5 Å². The highest BCUT2D eigenvalue weighted by Gasteiger charge is 2.31. The Bertz CT molecular complexity index is 617. The number of sulfonamides is 1. The van der Waals surface area contributed by atoms with Crippen LogP contribution in [0.5, 0.6) is 5.75 Å². The highest BCUT2D eigenvalue weighted by molar-refractivity contribution is 7.89. The molecule has 130 valence electrons. The van der Waals surface area contributed by atoms with Crippen molar-refractivity contribution >= 4 is 10.0 Å². The Balaban J connectivity index is 2.18. The van der Waals surface area contributed by atoms with E-state index in [-0.39, 0.29) is 0 Å². The van der Waals surface area contributed by atoms with Crippen molar-refractivity contribution < 1.29 is 13.2 Å². The number of aryl methyl sites for hydroxylation is 1. The van der Waals surface area contributed by atoms with Crippen LogP contribution in [-0.2, 0) is 10.0 Å². The van der Waals surface area contributed by atoms with E-state index in [0.717, 1.165) is 30.6 Å². The zero-order valence-corrected chi connectivity index (χ0v) is 15.5. The summed E-state index contributed by atoms with van der Waals surface area (Å²) in [5, 5.41) is 0. The first-order chi connectivity index (χ1) is 10.8. The first-order valence-corrected chi connectivity index (χ1v) is 10.0. The van der Waals surface area contributed by atoms with Crippen molar-refractivity contribution in [3.8, 4) is 5.75 Å². The quantitative estimate of drug-likeness (QED) is 0.740. The predicted molar refractivity (Wildman–Crippen MR) is 93.3 cm³/mol. The van der Waals surface area contributed by atoms with Crippen molar-refractivity contribution in [2.75, 3.05) is 19.7 Å². The molecule has 1 heterocycles. The van der Waals surface area contributed by atoms with Gasteiger partial charge >= 0.3 is 0 Å². The van der Waals surface area contributed by atoms with Crippen LogP contribution in [0.3, 0.4) is 0 Å². The number of piperidine rings is 1. The summed E-state index contributed by atoms with van der Waals surface area (Å²) in [6.45, 7) is 10.2. The number of rotatable bonds is 6. The molecule has 0 bridgehead atoms. The fraction of sp³-hybridized carbons (Fsp3) is 0.667. The minimum Gasteiger partial charge on any atom is -0.493 e. The lowest BCUT2D eigenvalue weighted by Crippen LogP contribution is -2.42. The summed E-state index contributed by atoms with van der Waals surface area (Å²) >= 11 is 0. The molecule has 0 aromatic heterocycles. The van der Waals surface area contributed by atoms with Gasteiger partial charge in [0.1, 0.15) is 5.75 Å². The van der Waals surface area contributed by atoms with Gasteiger partial charge in [0.05, 0.1) is 11.5 Å². The molecule has 1 aliphatic heterocycles. The highest BCUT2D eigenvalue weighted by Crippen LogP contribution is 2.29. The van der Waals surface area contributed by atoms with E-state index in [1.807, 2.05) is 6.92 Å². The SMILES string of the molecule is CCCCOc1ccc(S(=O)(=O)N2CC(C)CC(C)C2)cc1C.